The highest BCUT2D eigenvalue weighted by Crippen LogP contribution is 2.24. The van der Waals surface area contributed by atoms with Crippen LogP contribution in [0.25, 0.3) is 0 Å². The van der Waals surface area contributed by atoms with Crippen LogP contribution >= 0.6 is 0 Å². The van der Waals surface area contributed by atoms with Crippen LogP contribution in [-0.2, 0) is 21.2 Å². The van der Waals surface area contributed by atoms with Crippen LogP contribution in [0.1, 0.15) is 24.5 Å². The smallest absolute Gasteiger partial charge is 0.232 e. The quantitative estimate of drug-likeness (QED) is 0.790. The van der Waals surface area contributed by atoms with E-state index in [2.05, 4.69) is 10.0 Å². The van der Waals surface area contributed by atoms with E-state index in [1.54, 1.807) is 44.2 Å². The molecule has 7 heteroatoms. The summed E-state index contributed by atoms with van der Waals surface area (Å²) in [6.07, 6.45) is 0.619. The van der Waals surface area contributed by atoms with E-state index in [1.807, 2.05) is 0 Å². The Kier molecular flexibility index (Phi) is 6.14. The molecular weight excluding hydrogens is 343 g/mol. The summed E-state index contributed by atoms with van der Waals surface area (Å²) < 4.78 is 39.3. The Morgan fingerprint density at radius 2 is 1.72 bits per heavy atom. The summed E-state index contributed by atoms with van der Waals surface area (Å²) in [6, 6.07) is 10.7. The Labute approximate surface area is 147 Å². The molecule has 0 saturated heterocycles. The minimum Gasteiger partial charge on any atom is -0.325 e. The molecular formula is C18H21FN2O3S. The third-order valence-corrected chi connectivity index (χ3v) is 5.10. The summed E-state index contributed by atoms with van der Waals surface area (Å²) in [5.74, 6) is -0.580. The minimum absolute atomic E-state index is 0.0353. The van der Waals surface area contributed by atoms with Crippen molar-refractivity contribution in [3.8, 4) is 0 Å². The SMILES string of the molecule is CCCS(=O)(=O)Nc1cccc(NC(=O)Cc2ccc(F)cc2)c1C. The molecule has 1 amide bonds. The molecule has 0 spiro atoms. The first-order valence-corrected chi connectivity index (χ1v) is 9.60. The van der Waals surface area contributed by atoms with Crippen molar-refractivity contribution in [2.45, 2.75) is 26.7 Å². The van der Waals surface area contributed by atoms with Crippen molar-refractivity contribution >= 4 is 27.3 Å². The van der Waals surface area contributed by atoms with Gasteiger partial charge in [-0.2, -0.15) is 0 Å². The van der Waals surface area contributed by atoms with Crippen molar-refractivity contribution in [3.63, 3.8) is 0 Å². The fraction of sp³-hybridized carbons (Fsp3) is 0.278. The van der Waals surface area contributed by atoms with Crippen molar-refractivity contribution in [3.05, 3.63) is 59.4 Å². The first-order chi connectivity index (χ1) is 11.8. The van der Waals surface area contributed by atoms with Crippen LogP contribution in [0.2, 0.25) is 0 Å². The summed E-state index contributed by atoms with van der Waals surface area (Å²) in [5, 5.41) is 2.76. The van der Waals surface area contributed by atoms with E-state index in [1.165, 1.54) is 12.1 Å². The zero-order valence-corrected chi connectivity index (χ0v) is 15.0. The second kappa shape index (κ2) is 8.11. The zero-order valence-electron chi connectivity index (χ0n) is 14.2. The van der Waals surface area contributed by atoms with Gasteiger partial charge in [-0.25, -0.2) is 12.8 Å². The molecule has 0 saturated carbocycles. The molecule has 0 aliphatic carbocycles. The fourth-order valence-electron chi connectivity index (χ4n) is 2.35. The second-order valence-corrected chi connectivity index (χ2v) is 7.59. The van der Waals surface area contributed by atoms with Gasteiger partial charge in [0.15, 0.2) is 0 Å². The van der Waals surface area contributed by atoms with Crippen LogP contribution in [-0.4, -0.2) is 20.1 Å². The standard InChI is InChI=1S/C18H21FN2O3S/c1-3-11-25(23,24)21-17-6-4-5-16(13(17)2)20-18(22)12-14-7-9-15(19)10-8-14/h4-10,21H,3,11-12H2,1-2H3,(H,20,22). The lowest BCUT2D eigenvalue weighted by Crippen LogP contribution is -2.18. The summed E-state index contributed by atoms with van der Waals surface area (Å²) in [7, 11) is -3.40. The molecule has 0 fully saturated rings. The van der Waals surface area contributed by atoms with Crippen LogP contribution in [0.4, 0.5) is 15.8 Å². The van der Waals surface area contributed by atoms with E-state index in [9.17, 15) is 17.6 Å². The van der Waals surface area contributed by atoms with Crippen molar-refractivity contribution in [1.82, 2.24) is 0 Å². The summed E-state index contributed by atoms with van der Waals surface area (Å²) >= 11 is 0. The highest BCUT2D eigenvalue weighted by Gasteiger charge is 2.13. The van der Waals surface area contributed by atoms with Gasteiger partial charge in [0, 0.05) is 5.69 Å². The molecule has 2 aromatic carbocycles. The number of benzene rings is 2. The Bertz CT molecular complexity index is 849. The Balaban J connectivity index is 2.10. The van der Waals surface area contributed by atoms with Crippen molar-refractivity contribution < 1.29 is 17.6 Å². The van der Waals surface area contributed by atoms with Gasteiger partial charge < -0.3 is 5.32 Å². The molecule has 0 unspecified atom stereocenters. The van der Waals surface area contributed by atoms with Gasteiger partial charge in [0.1, 0.15) is 5.82 Å². The van der Waals surface area contributed by atoms with Gasteiger partial charge in [-0.15, -0.1) is 0 Å². The molecule has 25 heavy (non-hydrogen) atoms. The topological polar surface area (TPSA) is 75.3 Å². The second-order valence-electron chi connectivity index (χ2n) is 5.75. The zero-order chi connectivity index (χ0) is 18.4. The lowest BCUT2D eigenvalue weighted by atomic mass is 10.1. The predicted molar refractivity (Wildman–Crippen MR) is 97.6 cm³/mol. The first kappa shape index (κ1) is 18.9. The van der Waals surface area contributed by atoms with Gasteiger partial charge >= 0.3 is 0 Å². The van der Waals surface area contributed by atoms with E-state index in [-0.39, 0.29) is 23.9 Å². The summed E-state index contributed by atoms with van der Waals surface area (Å²) in [4.78, 5) is 12.2. The van der Waals surface area contributed by atoms with Gasteiger partial charge in [-0.1, -0.05) is 25.1 Å². The van der Waals surface area contributed by atoms with Gasteiger partial charge in [-0.05, 0) is 48.7 Å². The summed E-state index contributed by atoms with van der Waals surface area (Å²) in [5.41, 5.74) is 2.29. The lowest BCUT2D eigenvalue weighted by molar-refractivity contribution is -0.115. The minimum atomic E-state index is -3.40. The molecule has 2 N–H and O–H groups in total. The Hall–Kier alpha value is -2.41. The number of amides is 1. The van der Waals surface area contributed by atoms with E-state index >= 15 is 0 Å². The average Bonchev–Trinajstić information content (AvgIpc) is 2.53. The first-order valence-electron chi connectivity index (χ1n) is 7.95. The number of anilines is 2. The molecule has 0 heterocycles. The molecule has 134 valence electrons. The molecule has 0 aromatic heterocycles. The van der Waals surface area contributed by atoms with E-state index in [0.717, 1.165) is 0 Å². The van der Waals surface area contributed by atoms with Crippen molar-refractivity contribution in [1.29, 1.82) is 0 Å². The molecule has 0 atom stereocenters. The number of carbonyl (C=O) groups excluding carboxylic acids is 1. The Morgan fingerprint density at radius 3 is 2.36 bits per heavy atom. The monoisotopic (exact) mass is 364 g/mol. The molecule has 0 radical (unpaired) electrons. The van der Waals surface area contributed by atoms with E-state index in [4.69, 9.17) is 0 Å². The molecule has 0 aliphatic rings. The van der Waals surface area contributed by atoms with Gasteiger partial charge in [0.25, 0.3) is 0 Å². The maximum Gasteiger partial charge on any atom is 0.232 e. The molecule has 5 nitrogen and oxygen atoms in total. The number of nitrogens with one attached hydrogen (secondary N) is 2. The van der Waals surface area contributed by atoms with Crippen molar-refractivity contribution in [2.75, 3.05) is 15.8 Å². The van der Waals surface area contributed by atoms with Crippen LogP contribution in [0.15, 0.2) is 42.5 Å². The van der Waals surface area contributed by atoms with Crippen LogP contribution in [0, 0.1) is 12.7 Å². The molecule has 0 bridgehead atoms. The van der Waals surface area contributed by atoms with Crippen LogP contribution in [0.3, 0.4) is 0 Å². The van der Waals surface area contributed by atoms with Gasteiger partial charge in [0.05, 0.1) is 17.9 Å². The van der Waals surface area contributed by atoms with E-state index < -0.39 is 10.0 Å². The predicted octanol–water partition coefficient (Wildman–Crippen LogP) is 3.47. The maximum absolute atomic E-state index is 12.9. The third-order valence-electron chi connectivity index (χ3n) is 3.62. The highest BCUT2D eigenvalue weighted by molar-refractivity contribution is 7.92. The number of sulfonamides is 1. The average molecular weight is 364 g/mol. The summed E-state index contributed by atoms with van der Waals surface area (Å²) in [6.45, 7) is 3.52. The fourth-order valence-corrected chi connectivity index (χ4v) is 3.55. The molecule has 2 aromatic rings. The largest absolute Gasteiger partial charge is 0.325 e. The van der Waals surface area contributed by atoms with Crippen LogP contribution in [0.5, 0.6) is 0 Å². The lowest BCUT2D eigenvalue weighted by Gasteiger charge is -2.14. The van der Waals surface area contributed by atoms with E-state index in [0.29, 0.717) is 28.9 Å². The molecule has 2 rings (SSSR count). The third kappa shape index (κ3) is 5.56. The molecule has 0 aliphatic heterocycles. The number of halogens is 1. The Morgan fingerprint density at radius 1 is 1.08 bits per heavy atom. The van der Waals surface area contributed by atoms with Crippen LogP contribution < -0.4 is 10.0 Å². The number of carbonyl (C=O) groups is 1. The van der Waals surface area contributed by atoms with Gasteiger partial charge in [-0.3, -0.25) is 9.52 Å². The normalized spacial score (nSPS) is 11.2. The van der Waals surface area contributed by atoms with Gasteiger partial charge in [0.2, 0.25) is 15.9 Å². The maximum atomic E-state index is 12.9. The number of hydrogen-bond donors (Lipinski definition) is 2. The highest BCUT2D eigenvalue weighted by atomic mass is 32.2. The number of rotatable bonds is 7. The van der Waals surface area contributed by atoms with Crippen molar-refractivity contribution in [2.24, 2.45) is 0 Å². The number of hydrogen-bond acceptors (Lipinski definition) is 3.